The van der Waals surface area contributed by atoms with Crippen molar-refractivity contribution >= 4 is 23.7 Å². The van der Waals surface area contributed by atoms with Gasteiger partial charge in [-0.05, 0) is 67.4 Å². The highest BCUT2D eigenvalue weighted by Gasteiger charge is 2.35. The number of hydrazone groups is 1. The third-order valence-electron chi connectivity index (χ3n) is 4.70. The lowest BCUT2D eigenvalue weighted by Gasteiger charge is -2.17. The third-order valence-corrected chi connectivity index (χ3v) is 4.70. The molecule has 1 heterocycles. The Morgan fingerprint density at radius 1 is 1.10 bits per heavy atom. The fraction of sp³-hybridized carbons (Fsp3) is 0.348. The second-order valence-corrected chi connectivity index (χ2v) is 6.98. The highest BCUT2D eigenvalue weighted by molar-refractivity contribution is 6.00. The van der Waals surface area contributed by atoms with E-state index in [1.165, 1.54) is 0 Å². The number of ether oxygens (including phenoxy) is 2. The Balaban J connectivity index is 1.52. The molecule has 0 aromatic heterocycles. The number of hydrogen-bond donors (Lipinski definition) is 1. The molecule has 3 rings (SSSR count). The maximum absolute atomic E-state index is 12.4. The van der Waals surface area contributed by atoms with E-state index in [1.807, 2.05) is 55.5 Å². The van der Waals surface area contributed by atoms with Gasteiger partial charge in [0.25, 0.3) is 0 Å². The van der Waals surface area contributed by atoms with Crippen molar-refractivity contribution in [3.63, 3.8) is 0 Å². The number of rotatable bonds is 9. The second kappa shape index (κ2) is 10.4. The minimum absolute atomic E-state index is 0.0778. The monoisotopic (exact) mass is 409 g/mol. The third kappa shape index (κ3) is 5.59. The van der Waals surface area contributed by atoms with Crippen LogP contribution in [0.15, 0.2) is 53.6 Å². The summed E-state index contributed by atoms with van der Waals surface area (Å²) in [5.41, 5.74) is 4.14. The number of benzene rings is 2. The molecule has 1 atom stereocenters. The highest BCUT2D eigenvalue weighted by Crippen LogP contribution is 2.27. The summed E-state index contributed by atoms with van der Waals surface area (Å²) in [4.78, 5) is 26.4. The lowest BCUT2D eigenvalue weighted by molar-refractivity contribution is -0.126. The van der Waals surface area contributed by atoms with Crippen LogP contribution in [0.5, 0.6) is 11.5 Å². The van der Waals surface area contributed by atoms with Crippen LogP contribution < -0.4 is 19.8 Å². The van der Waals surface area contributed by atoms with Crippen LogP contribution in [0, 0.1) is 5.92 Å². The van der Waals surface area contributed by atoms with Gasteiger partial charge >= 0.3 is 0 Å². The molecule has 2 aromatic carbocycles. The first-order chi connectivity index (χ1) is 14.6. The second-order valence-electron chi connectivity index (χ2n) is 6.98. The number of anilines is 1. The normalized spacial score (nSPS) is 16.1. The molecule has 0 radical (unpaired) electrons. The number of carbonyl (C=O) groups is 2. The van der Waals surface area contributed by atoms with Crippen LogP contribution in [0.25, 0.3) is 0 Å². The minimum atomic E-state index is -0.439. The Morgan fingerprint density at radius 2 is 1.77 bits per heavy atom. The van der Waals surface area contributed by atoms with E-state index in [9.17, 15) is 9.59 Å². The van der Waals surface area contributed by atoms with Gasteiger partial charge in [-0.15, -0.1) is 0 Å². The number of nitrogens with zero attached hydrogens (tertiary/aromatic N) is 2. The van der Waals surface area contributed by atoms with E-state index in [1.54, 1.807) is 11.1 Å². The summed E-state index contributed by atoms with van der Waals surface area (Å²) in [6.07, 6.45) is 2.69. The van der Waals surface area contributed by atoms with Crippen LogP contribution in [0.2, 0.25) is 0 Å². The summed E-state index contributed by atoms with van der Waals surface area (Å²) in [5, 5.41) is 4.02. The van der Waals surface area contributed by atoms with Gasteiger partial charge in [0.2, 0.25) is 11.8 Å². The first-order valence-electron chi connectivity index (χ1n) is 10.2. The highest BCUT2D eigenvalue weighted by atomic mass is 16.5. The van der Waals surface area contributed by atoms with Crippen molar-refractivity contribution in [3.8, 4) is 11.5 Å². The molecule has 30 heavy (non-hydrogen) atoms. The van der Waals surface area contributed by atoms with Gasteiger partial charge in [-0.2, -0.15) is 5.10 Å². The molecular weight excluding hydrogens is 382 g/mol. The molecule has 1 saturated heterocycles. The average Bonchev–Trinajstić information content (AvgIpc) is 3.15. The Labute approximate surface area is 176 Å². The minimum Gasteiger partial charge on any atom is -0.494 e. The van der Waals surface area contributed by atoms with Crippen LogP contribution in [-0.4, -0.2) is 37.8 Å². The molecule has 0 bridgehead atoms. The summed E-state index contributed by atoms with van der Waals surface area (Å²) < 4.78 is 11.0. The zero-order chi connectivity index (χ0) is 21.3. The molecule has 0 unspecified atom stereocenters. The predicted octanol–water partition coefficient (Wildman–Crippen LogP) is 3.38. The maximum atomic E-state index is 12.4. The van der Waals surface area contributed by atoms with Crippen molar-refractivity contribution in [2.24, 2.45) is 11.0 Å². The van der Waals surface area contributed by atoms with Crippen LogP contribution in [0.1, 0.15) is 32.3 Å². The maximum Gasteiger partial charge on any atom is 0.245 e. The predicted molar refractivity (Wildman–Crippen MR) is 116 cm³/mol. The van der Waals surface area contributed by atoms with Gasteiger partial charge in [-0.1, -0.05) is 6.92 Å². The average molecular weight is 409 g/mol. The van der Waals surface area contributed by atoms with Crippen molar-refractivity contribution in [2.75, 3.05) is 24.7 Å². The molecule has 0 spiro atoms. The molecule has 1 aliphatic rings. The van der Waals surface area contributed by atoms with Crippen molar-refractivity contribution in [1.29, 1.82) is 0 Å². The van der Waals surface area contributed by atoms with E-state index < -0.39 is 5.92 Å². The van der Waals surface area contributed by atoms with E-state index in [0.29, 0.717) is 19.8 Å². The van der Waals surface area contributed by atoms with Crippen molar-refractivity contribution in [2.45, 2.75) is 26.7 Å². The summed E-state index contributed by atoms with van der Waals surface area (Å²) in [6, 6.07) is 14.8. The zero-order valence-corrected chi connectivity index (χ0v) is 17.3. The van der Waals surface area contributed by atoms with Crippen LogP contribution in [0.4, 0.5) is 5.69 Å². The molecule has 1 aliphatic heterocycles. The standard InChI is InChI=1S/C23H27N3O4/c1-3-13-30-21-9-5-17(6-10-21)15-24-25-23(28)18-14-22(27)26(16-18)19-7-11-20(12-8-19)29-4-2/h5-12,15,18H,3-4,13-14,16H2,1-2H3,(H,25,28)/b24-15-/t18-/m1/s1. The largest absolute Gasteiger partial charge is 0.494 e. The van der Waals surface area contributed by atoms with E-state index in [4.69, 9.17) is 9.47 Å². The van der Waals surface area contributed by atoms with E-state index in [-0.39, 0.29) is 18.2 Å². The van der Waals surface area contributed by atoms with Gasteiger partial charge in [-0.25, -0.2) is 5.43 Å². The molecule has 0 aliphatic carbocycles. The van der Waals surface area contributed by atoms with E-state index >= 15 is 0 Å². The number of nitrogens with one attached hydrogen (secondary N) is 1. The topological polar surface area (TPSA) is 80.2 Å². The van der Waals surface area contributed by atoms with Gasteiger partial charge in [0.15, 0.2) is 0 Å². The molecule has 1 fully saturated rings. The van der Waals surface area contributed by atoms with Crippen molar-refractivity contribution in [3.05, 3.63) is 54.1 Å². The van der Waals surface area contributed by atoms with Gasteiger partial charge < -0.3 is 14.4 Å². The quantitative estimate of drug-likeness (QED) is 0.509. The molecule has 2 aromatic rings. The molecule has 1 N–H and O–H groups in total. The lowest BCUT2D eigenvalue weighted by atomic mass is 10.1. The first kappa shape index (κ1) is 21.4. The van der Waals surface area contributed by atoms with Crippen LogP contribution in [0.3, 0.4) is 0 Å². The lowest BCUT2D eigenvalue weighted by Crippen LogP contribution is -2.30. The summed E-state index contributed by atoms with van der Waals surface area (Å²) in [7, 11) is 0. The van der Waals surface area contributed by atoms with Gasteiger partial charge in [0, 0.05) is 18.7 Å². The molecule has 7 nitrogen and oxygen atoms in total. The van der Waals surface area contributed by atoms with Gasteiger partial charge in [0.05, 0.1) is 25.3 Å². The molecule has 2 amide bonds. The Bertz CT molecular complexity index is 878. The Hall–Kier alpha value is -3.35. The van der Waals surface area contributed by atoms with Crippen LogP contribution in [-0.2, 0) is 9.59 Å². The summed E-state index contributed by atoms with van der Waals surface area (Å²) in [5.74, 6) is 0.770. The number of amides is 2. The fourth-order valence-corrected chi connectivity index (χ4v) is 3.15. The SMILES string of the molecule is CCCOc1ccc(/C=N\NC(=O)[C@@H]2CC(=O)N(c3ccc(OCC)cc3)C2)cc1. The van der Waals surface area contributed by atoms with Crippen molar-refractivity contribution in [1.82, 2.24) is 5.43 Å². The fourth-order valence-electron chi connectivity index (χ4n) is 3.15. The summed E-state index contributed by atoms with van der Waals surface area (Å²) in [6.45, 7) is 5.57. The van der Waals surface area contributed by atoms with Gasteiger partial charge in [0.1, 0.15) is 11.5 Å². The smallest absolute Gasteiger partial charge is 0.245 e. The first-order valence-corrected chi connectivity index (χ1v) is 10.2. The Kier molecular flexibility index (Phi) is 7.43. The van der Waals surface area contributed by atoms with E-state index in [0.717, 1.165) is 29.2 Å². The Morgan fingerprint density at radius 3 is 2.43 bits per heavy atom. The zero-order valence-electron chi connectivity index (χ0n) is 17.3. The van der Waals surface area contributed by atoms with Gasteiger partial charge in [-0.3, -0.25) is 9.59 Å². The number of carbonyl (C=O) groups excluding carboxylic acids is 2. The molecule has 158 valence electrons. The number of hydrogen-bond acceptors (Lipinski definition) is 5. The van der Waals surface area contributed by atoms with E-state index in [2.05, 4.69) is 17.5 Å². The molecule has 0 saturated carbocycles. The van der Waals surface area contributed by atoms with Crippen LogP contribution >= 0.6 is 0 Å². The molecule has 7 heteroatoms. The molecular formula is C23H27N3O4. The van der Waals surface area contributed by atoms with Crippen molar-refractivity contribution < 1.29 is 19.1 Å². The summed E-state index contributed by atoms with van der Waals surface area (Å²) >= 11 is 0.